The highest BCUT2D eigenvalue weighted by atomic mass is 16.5. The van der Waals surface area contributed by atoms with E-state index in [2.05, 4.69) is 4.90 Å². The maximum atomic E-state index is 13.2. The minimum absolute atomic E-state index is 0.105. The fraction of sp³-hybridized carbons (Fsp3) is 0.478. The number of fused-ring (bicyclic) bond motifs is 1. The number of benzene rings is 2. The van der Waals surface area contributed by atoms with Gasteiger partial charge >= 0.3 is 0 Å². The topological polar surface area (TPSA) is 49.9 Å². The Balaban J connectivity index is 1.40. The van der Waals surface area contributed by atoms with E-state index >= 15 is 0 Å². The van der Waals surface area contributed by atoms with E-state index < -0.39 is 0 Å². The molecule has 0 spiro atoms. The van der Waals surface area contributed by atoms with Gasteiger partial charge in [-0.3, -0.25) is 14.5 Å². The predicted molar refractivity (Wildman–Crippen MR) is 109 cm³/mol. The van der Waals surface area contributed by atoms with E-state index in [1.165, 1.54) is 0 Å². The quantitative estimate of drug-likeness (QED) is 0.749. The van der Waals surface area contributed by atoms with E-state index in [4.69, 9.17) is 4.74 Å². The Labute approximate surface area is 166 Å². The summed E-state index contributed by atoms with van der Waals surface area (Å²) < 4.78 is 5.36. The smallest absolute Gasteiger partial charge is 0.223 e. The van der Waals surface area contributed by atoms with E-state index in [1.54, 1.807) is 0 Å². The summed E-state index contributed by atoms with van der Waals surface area (Å²) in [6, 6.07) is 13.9. The Morgan fingerprint density at radius 1 is 1.00 bits per heavy atom. The molecule has 2 aliphatic rings. The summed E-state index contributed by atoms with van der Waals surface area (Å²) >= 11 is 0. The zero-order chi connectivity index (χ0) is 19.3. The molecule has 2 heterocycles. The second kappa shape index (κ2) is 8.84. The lowest BCUT2D eigenvalue weighted by molar-refractivity contribution is -0.133. The van der Waals surface area contributed by atoms with Crippen LogP contribution >= 0.6 is 0 Å². The normalized spacial score (nSPS) is 21.0. The van der Waals surface area contributed by atoms with Crippen LogP contribution in [0.5, 0.6) is 0 Å². The Bertz CT molecular complexity index is 839. The van der Waals surface area contributed by atoms with Crippen LogP contribution < -0.4 is 0 Å². The average molecular weight is 380 g/mol. The minimum Gasteiger partial charge on any atom is -0.379 e. The van der Waals surface area contributed by atoms with E-state index in [9.17, 15) is 9.59 Å². The number of carbonyl (C=O) groups is 2. The number of hydrogen-bond donors (Lipinski definition) is 0. The molecule has 0 radical (unpaired) electrons. The Kier molecular flexibility index (Phi) is 6.03. The maximum absolute atomic E-state index is 13.2. The largest absolute Gasteiger partial charge is 0.379 e. The molecule has 5 heteroatoms. The number of ether oxygens (including phenoxy) is 1. The summed E-state index contributed by atoms with van der Waals surface area (Å²) in [4.78, 5) is 30.1. The van der Waals surface area contributed by atoms with Crippen molar-refractivity contribution in [3.8, 4) is 0 Å². The van der Waals surface area contributed by atoms with E-state index in [1.807, 2.05) is 47.4 Å². The number of hydrogen-bond acceptors (Lipinski definition) is 4. The second-order valence-corrected chi connectivity index (χ2v) is 7.77. The molecule has 0 aromatic heterocycles. The first-order valence-electron chi connectivity index (χ1n) is 10.3. The molecule has 2 aliphatic heterocycles. The Morgan fingerprint density at radius 2 is 1.79 bits per heavy atom. The number of carbonyl (C=O) groups excluding carboxylic acids is 2. The summed E-state index contributed by atoms with van der Waals surface area (Å²) in [5.74, 6) is 0.233. The van der Waals surface area contributed by atoms with Crippen LogP contribution in [0.25, 0.3) is 10.8 Å². The summed E-state index contributed by atoms with van der Waals surface area (Å²) in [5, 5.41) is 2.09. The van der Waals surface area contributed by atoms with Crippen molar-refractivity contribution in [2.75, 3.05) is 45.9 Å². The van der Waals surface area contributed by atoms with Crippen molar-refractivity contribution < 1.29 is 14.3 Å². The molecule has 2 saturated heterocycles. The van der Waals surface area contributed by atoms with Crippen molar-refractivity contribution in [3.05, 3.63) is 48.0 Å². The van der Waals surface area contributed by atoms with E-state index in [0.717, 1.165) is 68.6 Å². The molecule has 1 atom stereocenters. The molecule has 2 aromatic rings. The number of ketones is 1. The van der Waals surface area contributed by atoms with Gasteiger partial charge in [0.15, 0.2) is 5.78 Å². The van der Waals surface area contributed by atoms with Crippen LogP contribution in [0, 0.1) is 5.92 Å². The first-order chi connectivity index (χ1) is 13.7. The molecule has 0 saturated carbocycles. The van der Waals surface area contributed by atoms with E-state index in [-0.39, 0.29) is 17.6 Å². The van der Waals surface area contributed by atoms with Gasteiger partial charge in [-0.1, -0.05) is 42.5 Å². The lowest BCUT2D eigenvalue weighted by atomic mass is 9.88. The van der Waals surface area contributed by atoms with Crippen molar-refractivity contribution in [1.82, 2.24) is 9.80 Å². The van der Waals surface area contributed by atoms with Gasteiger partial charge in [0.2, 0.25) is 5.91 Å². The molecule has 148 valence electrons. The second-order valence-electron chi connectivity index (χ2n) is 7.77. The van der Waals surface area contributed by atoms with Gasteiger partial charge in [-0.05, 0) is 23.6 Å². The van der Waals surface area contributed by atoms with Crippen LogP contribution in [-0.4, -0.2) is 67.4 Å². The fourth-order valence-corrected chi connectivity index (χ4v) is 4.31. The van der Waals surface area contributed by atoms with E-state index in [0.29, 0.717) is 13.0 Å². The van der Waals surface area contributed by atoms with Gasteiger partial charge in [0, 0.05) is 50.6 Å². The summed E-state index contributed by atoms with van der Waals surface area (Å²) in [6.07, 6.45) is 2.27. The molecule has 2 fully saturated rings. The third-order valence-corrected chi connectivity index (χ3v) is 5.95. The Hall–Kier alpha value is -2.24. The van der Waals surface area contributed by atoms with Crippen LogP contribution in [0.3, 0.4) is 0 Å². The van der Waals surface area contributed by atoms with Gasteiger partial charge < -0.3 is 9.64 Å². The van der Waals surface area contributed by atoms with Gasteiger partial charge in [-0.2, -0.15) is 0 Å². The zero-order valence-electron chi connectivity index (χ0n) is 16.3. The summed E-state index contributed by atoms with van der Waals surface area (Å²) in [7, 11) is 0. The number of amides is 1. The Morgan fingerprint density at radius 3 is 2.64 bits per heavy atom. The molecular weight excluding hydrogens is 352 g/mol. The maximum Gasteiger partial charge on any atom is 0.223 e. The van der Waals surface area contributed by atoms with Crippen molar-refractivity contribution in [1.29, 1.82) is 0 Å². The molecule has 5 nitrogen and oxygen atoms in total. The molecule has 0 N–H and O–H groups in total. The average Bonchev–Trinajstić information content (AvgIpc) is 2.77. The fourth-order valence-electron chi connectivity index (χ4n) is 4.31. The third kappa shape index (κ3) is 4.26. The van der Waals surface area contributed by atoms with Crippen LogP contribution in [0.1, 0.15) is 29.6 Å². The highest BCUT2D eigenvalue weighted by molar-refractivity contribution is 6.09. The molecule has 28 heavy (non-hydrogen) atoms. The lowest BCUT2D eigenvalue weighted by Gasteiger charge is -2.33. The lowest BCUT2D eigenvalue weighted by Crippen LogP contribution is -2.44. The molecule has 2 aromatic carbocycles. The number of likely N-dealkylation sites (tertiary alicyclic amines) is 1. The van der Waals surface area contributed by atoms with Crippen LogP contribution in [0.4, 0.5) is 0 Å². The van der Waals surface area contributed by atoms with Crippen LogP contribution in [-0.2, 0) is 9.53 Å². The number of rotatable bonds is 5. The molecule has 1 amide bonds. The minimum atomic E-state index is -0.105. The SMILES string of the molecule is O=C(c1cccc2ccccc12)[C@H]1CCCN(C(=O)CCN2CCOCC2)C1. The zero-order valence-corrected chi connectivity index (χ0v) is 16.3. The van der Waals surface area contributed by atoms with Gasteiger partial charge in [0.25, 0.3) is 0 Å². The van der Waals surface area contributed by atoms with Crippen LogP contribution in [0.2, 0.25) is 0 Å². The van der Waals surface area contributed by atoms with Crippen molar-refractivity contribution >= 4 is 22.5 Å². The molecule has 0 unspecified atom stereocenters. The molecule has 0 aliphatic carbocycles. The summed E-state index contributed by atoms with van der Waals surface area (Å²) in [5.41, 5.74) is 0.783. The number of morpholine rings is 1. The first-order valence-corrected chi connectivity index (χ1v) is 10.3. The van der Waals surface area contributed by atoms with Gasteiger partial charge in [0.1, 0.15) is 0 Å². The predicted octanol–water partition coefficient (Wildman–Crippen LogP) is 2.98. The number of nitrogens with zero attached hydrogens (tertiary/aromatic N) is 2. The highest BCUT2D eigenvalue weighted by Crippen LogP contribution is 2.26. The third-order valence-electron chi connectivity index (χ3n) is 5.95. The van der Waals surface area contributed by atoms with Crippen molar-refractivity contribution in [2.45, 2.75) is 19.3 Å². The van der Waals surface area contributed by atoms with Crippen molar-refractivity contribution in [2.24, 2.45) is 5.92 Å². The van der Waals surface area contributed by atoms with Gasteiger partial charge in [0.05, 0.1) is 13.2 Å². The van der Waals surface area contributed by atoms with Gasteiger partial charge in [-0.25, -0.2) is 0 Å². The molecule has 4 rings (SSSR count). The highest BCUT2D eigenvalue weighted by Gasteiger charge is 2.29. The first kappa shape index (κ1) is 19.1. The van der Waals surface area contributed by atoms with Gasteiger partial charge in [-0.15, -0.1) is 0 Å². The summed E-state index contributed by atoms with van der Waals surface area (Å²) in [6.45, 7) is 5.38. The monoisotopic (exact) mass is 380 g/mol. The standard InChI is InChI=1S/C23H28N2O3/c26-22(10-12-24-13-15-28-16-14-24)25-11-4-7-19(17-25)23(27)21-9-3-6-18-5-1-2-8-20(18)21/h1-3,5-6,8-9,19H,4,7,10-17H2/t19-/m0/s1. The number of piperidine rings is 1. The number of Topliss-reactive ketones (excluding diaryl/α,β-unsaturated/α-hetero) is 1. The molecular formula is C23H28N2O3. The van der Waals surface area contributed by atoms with Crippen molar-refractivity contribution in [3.63, 3.8) is 0 Å². The van der Waals surface area contributed by atoms with Crippen LogP contribution in [0.15, 0.2) is 42.5 Å². The molecule has 0 bridgehead atoms.